The second-order valence-corrected chi connectivity index (χ2v) is 5.86. The smallest absolute Gasteiger partial charge is 0.409 e. The minimum absolute atomic E-state index is 0.0935. The summed E-state index contributed by atoms with van der Waals surface area (Å²) in [7, 11) is 1.38. The summed E-state index contributed by atoms with van der Waals surface area (Å²) in [6, 6.07) is 0.223. The molecule has 116 valence electrons. The van der Waals surface area contributed by atoms with Crippen LogP contribution in [0.1, 0.15) is 40.5 Å². The average Bonchev–Trinajstić information content (AvgIpc) is 2.46. The third-order valence-corrected chi connectivity index (χ3v) is 4.28. The number of hydrogen-bond donors (Lipinski definition) is 0. The molecular weight excluding hydrogens is 256 g/mol. The third-order valence-electron chi connectivity index (χ3n) is 4.28. The van der Waals surface area contributed by atoms with Crippen LogP contribution in [0.3, 0.4) is 0 Å². The molecular formula is C15H28N2O3. The van der Waals surface area contributed by atoms with E-state index in [0.29, 0.717) is 25.6 Å². The molecule has 0 bridgehead atoms. The molecule has 0 aromatic rings. The fourth-order valence-electron chi connectivity index (χ4n) is 2.71. The number of methoxy groups -OCH3 is 1. The summed E-state index contributed by atoms with van der Waals surface area (Å²) in [5, 5.41) is 0. The minimum atomic E-state index is -0.331. The van der Waals surface area contributed by atoms with Gasteiger partial charge < -0.3 is 14.5 Å². The SMILES string of the molecule is CCN(C(=O)C1CCCN(C(=O)OC)C1)C(C)C(C)C. The fraction of sp³-hybridized carbons (Fsp3) is 0.867. The van der Waals surface area contributed by atoms with Crippen LogP contribution >= 0.6 is 0 Å². The van der Waals surface area contributed by atoms with E-state index >= 15 is 0 Å². The number of rotatable bonds is 4. The van der Waals surface area contributed by atoms with Crippen LogP contribution in [0.25, 0.3) is 0 Å². The van der Waals surface area contributed by atoms with Gasteiger partial charge in [-0.15, -0.1) is 0 Å². The first-order valence-electron chi connectivity index (χ1n) is 7.55. The van der Waals surface area contributed by atoms with Crippen molar-refractivity contribution in [2.75, 3.05) is 26.7 Å². The molecule has 1 rings (SSSR count). The molecule has 2 amide bonds. The van der Waals surface area contributed by atoms with Gasteiger partial charge in [0, 0.05) is 25.7 Å². The zero-order chi connectivity index (χ0) is 15.3. The largest absolute Gasteiger partial charge is 0.453 e. The summed E-state index contributed by atoms with van der Waals surface area (Å²) in [6.07, 6.45) is 1.38. The Morgan fingerprint density at radius 1 is 1.35 bits per heavy atom. The number of carbonyl (C=O) groups excluding carboxylic acids is 2. The van der Waals surface area contributed by atoms with Gasteiger partial charge in [0.25, 0.3) is 0 Å². The molecule has 5 heteroatoms. The Morgan fingerprint density at radius 2 is 2.00 bits per heavy atom. The number of hydrogen-bond acceptors (Lipinski definition) is 3. The predicted molar refractivity (Wildman–Crippen MR) is 78.4 cm³/mol. The van der Waals surface area contributed by atoms with Gasteiger partial charge in [-0.2, -0.15) is 0 Å². The second kappa shape index (κ2) is 7.50. The molecule has 0 aromatic heterocycles. The quantitative estimate of drug-likeness (QED) is 0.796. The Labute approximate surface area is 122 Å². The van der Waals surface area contributed by atoms with Gasteiger partial charge in [-0.05, 0) is 32.6 Å². The maximum Gasteiger partial charge on any atom is 0.409 e. The van der Waals surface area contributed by atoms with Gasteiger partial charge in [-0.3, -0.25) is 4.79 Å². The highest BCUT2D eigenvalue weighted by molar-refractivity contribution is 5.80. The molecule has 1 aliphatic rings. The Kier molecular flexibility index (Phi) is 6.30. The van der Waals surface area contributed by atoms with Gasteiger partial charge >= 0.3 is 6.09 Å². The molecule has 2 unspecified atom stereocenters. The van der Waals surface area contributed by atoms with Crippen LogP contribution in [0, 0.1) is 11.8 Å². The highest BCUT2D eigenvalue weighted by Crippen LogP contribution is 2.22. The summed E-state index contributed by atoms with van der Waals surface area (Å²) in [6.45, 7) is 10.2. The van der Waals surface area contributed by atoms with Crippen LogP contribution in [0.15, 0.2) is 0 Å². The van der Waals surface area contributed by atoms with E-state index in [2.05, 4.69) is 20.8 Å². The first-order valence-corrected chi connectivity index (χ1v) is 7.55. The highest BCUT2D eigenvalue weighted by atomic mass is 16.5. The Morgan fingerprint density at radius 3 is 2.50 bits per heavy atom. The summed E-state index contributed by atoms with van der Waals surface area (Å²) < 4.78 is 4.75. The molecule has 5 nitrogen and oxygen atoms in total. The van der Waals surface area contributed by atoms with Crippen LogP contribution in [0.4, 0.5) is 4.79 Å². The number of carbonyl (C=O) groups is 2. The van der Waals surface area contributed by atoms with Crippen molar-refractivity contribution in [3.05, 3.63) is 0 Å². The van der Waals surface area contributed by atoms with Gasteiger partial charge in [0.05, 0.1) is 13.0 Å². The summed E-state index contributed by atoms with van der Waals surface area (Å²) in [4.78, 5) is 27.9. The Balaban J connectivity index is 2.72. The lowest BCUT2D eigenvalue weighted by Crippen LogP contribution is -2.50. The molecule has 0 N–H and O–H groups in total. The van der Waals surface area contributed by atoms with E-state index in [9.17, 15) is 9.59 Å². The summed E-state index contributed by atoms with van der Waals surface area (Å²) in [5.74, 6) is 0.505. The molecule has 0 aliphatic carbocycles. The first-order chi connectivity index (χ1) is 9.42. The maximum atomic E-state index is 12.7. The van der Waals surface area contributed by atoms with Gasteiger partial charge in [-0.25, -0.2) is 4.79 Å². The van der Waals surface area contributed by atoms with Crippen LogP contribution in [-0.4, -0.2) is 54.6 Å². The van der Waals surface area contributed by atoms with Crippen molar-refractivity contribution in [1.29, 1.82) is 0 Å². The van der Waals surface area contributed by atoms with E-state index in [1.54, 1.807) is 4.90 Å². The Hall–Kier alpha value is -1.26. The lowest BCUT2D eigenvalue weighted by atomic mass is 9.94. The van der Waals surface area contributed by atoms with Gasteiger partial charge in [-0.1, -0.05) is 13.8 Å². The molecule has 1 aliphatic heterocycles. The minimum Gasteiger partial charge on any atom is -0.453 e. The van der Waals surface area contributed by atoms with E-state index in [1.165, 1.54) is 7.11 Å². The van der Waals surface area contributed by atoms with Crippen molar-refractivity contribution in [3.8, 4) is 0 Å². The van der Waals surface area contributed by atoms with Gasteiger partial charge in [0.1, 0.15) is 0 Å². The number of likely N-dealkylation sites (tertiary alicyclic amines) is 1. The van der Waals surface area contributed by atoms with Crippen molar-refractivity contribution in [1.82, 2.24) is 9.80 Å². The number of amides is 2. The average molecular weight is 284 g/mol. The molecule has 1 fully saturated rings. The van der Waals surface area contributed by atoms with Crippen LogP contribution in [-0.2, 0) is 9.53 Å². The van der Waals surface area contributed by atoms with E-state index < -0.39 is 0 Å². The first kappa shape index (κ1) is 16.8. The van der Waals surface area contributed by atoms with Gasteiger partial charge in [0.2, 0.25) is 5.91 Å². The molecule has 0 aromatic carbocycles. The van der Waals surface area contributed by atoms with E-state index in [-0.39, 0.29) is 24.0 Å². The van der Waals surface area contributed by atoms with E-state index in [1.807, 2.05) is 11.8 Å². The monoisotopic (exact) mass is 284 g/mol. The number of piperidine rings is 1. The van der Waals surface area contributed by atoms with Crippen LogP contribution in [0.2, 0.25) is 0 Å². The van der Waals surface area contributed by atoms with Crippen molar-refractivity contribution < 1.29 is 14.3 Å². The highest BCUT2D eigenvalue weighted by Gasteiger charge is 2.33. The molecule has 1 heterocycles. The standard InChI is InChI=1S/C15H28N2O3/c1-6-17(12(4)11(2)3)14(18)13-8-7-9-16(10-13)15(19)20-5/h11-13H,6-10H2,1-5H3. The lowest BCUT2D eigenvalue weighted by Gasteiger charge is -2.37. The lowest BCUT2D eigenvalue weighted by molar-refractivity contribution is -0.139. The maximum absolute atomic E-state index is 12.7. The van der Waals surface area contributed by atoms with Crippen LogP contribution < -0.4 is 0 Å². The molecule has 0 radical (unpaired) electrons. The van der Waals surface area contributed by atoms with Crippen molar-refractivity contribution in [3.63, 3.8) is 0 Å². The Bertz CT molecular complexity index is 344. The van der Waals surface area contributed by atoms with Crippen molar-refractivity contribution >= 4 is 12.0 Å². The number of ether oxygens (including phenoxy) is 1. The zero-order valence-corrected chi connectivity index (χ0v) is 13.4. The fourth-order valence-corrected chi connectivity index (χ4v) is 2.71. The predicted octanol–water partition coefficient (Wildman–Crippen LogP) is 2.36. The molecule has 0 saturated carbocycles. The molecule has 1 saturated heterocycles. The molecule has 0 spiro atoms. The van der Waals surface area contributed by atoms with E-state index in [0.717, 1.165) is 12.8 Å². The normalized spacial score (nSPS) is 20.7. The van der Waals surface area contributed by atoms with Crippen molar-refractivity contribution in [2.24, 2.45) is 11.8 Å². The summed E-state index contributed by atoms with van der Waals surface area (Å²) >= 11 is 0. The van der Waals surface area contributed by atoms with Crippen LogP contribution in [0.5, 0.6) is 0 Å². The second-order valence-electron chi connectivity index (χ2n) is 5.86. The summed E-state index contributed by atoms with van der Waals surface area (Å²) in [5.41, 5.74) is 0. The van der Waals surface area contributed by atoms with E-state index in [4.69, 9.17) is 4.74 Å². The third kappa shape index (κ3) is 3.87. The molecule has 20 heavy (non-hydrogen) atoms. The number of nitrogens with zero attached hydrogens (tertiary/aromatic N) is 2. The molecule has 2 atom stereocenters. The van der Waals surface area contributed by atoms with Gasteiger partial charge in [0.15, 0.2) is 0 Å². The van der Waals surface area contributed by atoms with Crippen molar-refractivity contribution in [2.45, 2.75) is 46.6 Å². The topological polar surface area (TPSA) is 49.9 Å². The zero-order valence-electron chi connectivity index (χ0n) is 13.4.